The fourth-order valence-corrected chi connectivity index (χ4v) is 3.50. The van der Waals surface area contributed by atoms with E-state index in [9.17, 15) is 9.59 Å². The summed E-state index contributed by atoms with van der Waals surface area (Å²) in [5, 5.41) is 11.9. The van der Waals surface area contributed by atoms with Gasteiger partial charge in [-0.25, -0.2) is 0 Å². The van der Waals surface area contributed by atoms with E-state index in [4.69, 9.17) is 5.73 Å². The molecule has 3 rings (SSSR count). The molecular weight excluding hydrogens is 386 g/mol. The molecule has 8 heteroatoms. The second kappa shape index (κ2) is 8.91. The standard InChI is InChI=1S/C21H23N5O2S/c1-3-21(2,19(22)28)23-17(27)14-29-20-25-24-18(15-10-6-4-7-11-15)26(20)16-12-8-5-9-13-16/h4-13H,3,14H2,1-2H3,(H2,22,28)(H,23,27)/t21-/m0/s1. The number of rotatable bonds is 8. The molecule has 0 radical (unpaired) electrons. The molecule has 0 saturated heterocycles. The second-order valence-electron chi connectivity index (χ2n) is 6.73. The first kappa shape index (κ1) is 20.6. The molecule has 1 heterocycles. The van der Waals surface area contributed by atoms with Gasteiger partial charge in [-0.2, -0.15) is 0 Å². The Balaban J connectivity index is 1.86. The summed E-state index contributed by atoms with van der Waals surface area (Å²) >= 11 is 1.25. The quantitative estimate of drug-likeness (QED) is 0.557. The summed E-state index contributed by atoms with van der Waals surface area (Å²) < 4.78 is 1.92. The predicted octanol–water partition coefficient (Wildman–Crippen LogP) is 2.80. The van der Waals surface area contributed by atoms with Crippen molar-refractivity contribution in [1.82, 2.24) is 20.1 Å². The molecule has 0 saturated carbocycles. The fraction of sp³-hybridized carbons (Fsp3) is 0.238. The van der Waals surface area contributed by atoms with Gasteiger partial charge in [0.15, 0.2) is 11.0 Å². The number of nitrogens with one attached hydrogen (secondary N) is 1. The zero-order valence-electron chi connectivity index (χ0n) is 16.3. The van der Waals surface area contributed by atoms with Crippen LogP contribution in [0.4, 0.5) is 0 Å². The van der Waals surface area contributed by atoms with Crippen molar-refractivity contribution in [3.63, 3.8) is 0 Å². The van der Waals surface area contributed by atoms with Crippen molar-refractivity contribution in [2.75, 3.05) is 5.75 Å². The van der Waals surface area contributed by atoms with Crippen molar-refractivity contribution < 1.29 is 9.59 Å². The number of carbonyl (C=O) groups excluding carboxylic acids is 2. The second-order valence-corrected chi connectivity index (χ2v) is 7.67. The maximum absolute atomic E-state index is 12.4. The van der Waals surface area contributed by atoms with Crippen LogP contribution in [0.3, 0.4) is 0 Å². The van der Waals surface area contributed by atoms with Gasteiger partial charge in [0.05, 0.1) is 5.75 Å². The van der Waals surface area contributed by atoms with Crippen LogP contribution in [-0.4, -0.2) is 37.9 Å². The number of benzene rings is 2. The van der Waals surface area contributed by atoms with Crippen molar-refractivity contribution in [1.29, 1.82) is 0 Å². The third-order valence-corrected chi connectivity index (χ3v) is 5.61. The van der Waals surface area contributed by atoms with E-state index in [2.05, 4.69) is 15.5 Å². The SMILES string of the molecule is CC[C@](C)(NC(=O)CSc1nnc(-c2ccccc2)n1-c1ccccc1)C(N)=O. The van der Waals surface area contributed by atoms with Crippen LogP contribution in [0.15, 0.2) is 65.8 Å². The molecule has 0 unspecified atom stereocenters. The highest BCUT2D eigenvalue weighted by Gasteiger charge is 2.30. The molecule has 1 aromatic heterocycles. The number of nitrogens with two attached hydrogens (primary N) is 1. The molecule has 0 aliphatic carbocycles. The van der Waals surface area contributed by atoms with Crippen LogP contribution in [0.2, 0.25) is 0 Å². The molecular formula is C21H23N5O2S. The molecule has 2 amide bonds. The third-order valence-electron chi connectivity index (χ3n) is 4.68. The lowest BCUT2D eigenvalue weighted by atomic mass is 9.98. The monoisotopic (exact) mass is 409 g/mol. The van der Waals surface area contributed by atoms with Crippen LogP contribution in [0, 0.1) is 0 Å². The van der Waals surface area contributed by atoms with E-state index in [0.29, 0.717) is 17.4 Å². The average Bonchev–Trinajstić information content (AvgIpc) is 3.17. The summed E-state index contributed by atoms with van der Waals surface area (Å²) in [7, 11) is 0. The van der Waals surface area contributed by atoms with Crippen LogP contribution in [0.25, 0.3) is 17.1 Å². The molecule has 150 valence electrons. The van der Waals surface area contributed by atoms with Crippen LogP contribution in [0.1, 0.15) is 20.3 Å². The molecule has 1 atom stereocenters. The maximum atomic E-state index is 12.4. The van der Waals surface area contributed by atoms with E-state index in [1.165, 1.54) is 11.8 Å². The molecule has 7 nitrogen and oxygen atoms in total. The number of aromatic nitrogens is 3. The first-order valence-corrected chi connectivity index (χ1v) is 10.2. The minimum atomic E-state index is -1.07. The third kappa shape index (κ3) is 4.65. The molecule has 2 aromatic carbocycles. The minimum absolute atomic E-state index is 0.0859. The van der Waals surface area contributed by atoms with Crippen molar-refractivity contribution in [2.45, 2.75) is 31.0 Å². The Morgan fingerprint density at radius 2 is 1.69 bits per heavy atom. The van der Waals surface area contributed by atoms with Crippen LogP contribution >= 0.6 is 11.8 Å². The Hall–Kier alpha value is -3.13. The van der Waals surface area contributed by atoms with Crippen molar-refractivity contribution >= 4 is 23.6 Å². The number of carbonyl (C=O) groups is 2. The van der Waals surface area contributed by atoms with E-state index in [-0.39, 0.29) is 11.7 Å². The topological polar surface area (TPSA) is 103 Å². The zero-order chi connectivity index (χ0) is 20.9. The zero-order valence-corrected chi connectivity index (χ0v) is 17.1. The summed E-state index contributed by atoms with van der Waals surface area (Å²) in [4.78, 5) is 24.1. The number of para-hydroxylation sites is 1. The van der Waals surface area contributed by atoms with Gasteiger partial charge in [-0.1, -0.05) is 67.2 Å². The van der Waals surface area contributed by atoms with Gasteiger partial charge in [0.2, 0.25) is 11.8 Å². The predicted molar refractivity (Wildman–Crippen MR) is 114 cm³/mol. The Kier molecular flexibility index (Phi) is 6.33. The number of amides is 2. The van der Waals surface area contributed by atoms with Crippen molar-refractivity contribution in [3.8, 4) is 17.1 Å². The van der Waals surface area contributed by atoms with Gasteiger partial charge in [-0.15, -0.1) is 10.2 Å². The van der Waals surface area contributed by atoms with Gasteiger partial charge >= 0.3 is 0 Å². The van der Waals surface area contributed by atoms with Crippen molar-refractivity contribution in [3.05, 3.63) is 60.7 Å². The lowest BCUT2D eigenvalue weighted by Crippen LogP contribution is -2.55. The summed E-state index contributed by atoms with van der Waals surface area (Å²) in [5.41, 5.74) is 6.17. The largest absolute Gasteiger partial charge is 0.368 e. The lowest BCUT2D eigenvalue weighted by Gasteiger charge is -2.25. The summed E-state index contributed by atoms with van der Waals surface area (Å²) in [6.45, 7) is 3.42. The first-order valence-electron chi connectivity index (χ1n) is 9.24. The molecule has 0 fully saturated rings. The van der Waals surface area contributed by atoms with Crippen LogP contribution < -0.4 is 11.1 Å². The minimum Gasteiger partial charge on any atom is -0.368 e. The number of nitrogens with zero attached hydrogens (tertiary/aromatic N) is 3. The summed E-state index contributed by atoms with van der Waals surface area (Å²) in [5.74, 6) is -0.0720. The molecule has 0 aliphatic heterocycles. The van der Waals surface area contributed by atoms with Crippen LogP contribution in [-0.2, 0) is 9.59 Å². The van der Waals surface area contributed by atoms with E-state index in [1.54, 1.807) is 13.8 Å². The molecule has 3 aromatic rings. The number of thioether (sulfide) groups is 1. The van der Waals surface area contributed by atoms with Gasteiger partial charge in [-0.3, -0.25) is 14.2 Å². The van der Waals surface area contributed by atoms with Crippen LogP contribution in [0.5, 0.6) is 0 Å². The molecule has 0 bridgehead atoms. The number of primary amides is 1. The first-order chi connectivity index (χ1) is 13.9. The molecule has 3 N–H and O–H groups in total. The molecule has 29 heavy (non-hydrogen) atoms. The highest BCUT2D eigenvalue weighted by molar-refractivity contribution is 7.99. The lowest BCUT2D eigenvalue weighted by molar-refractivity contribution is -0.129. The Bertz CT molecular complexity index is 991. The maximum Gasteiger partial charge on any atom is 0.242 e. The van der Waals surface area contributed by atoms with Crippen molar-refractivity contribution in [2.24, 2.45) is 5.73 Å². The van der Waals surface area contributed by atoms with Gasteiger partial charge in [0, 0.05) is 11.3 Å². The highest BCUT2D eigenvalue weighted by atomic mass is 32.2. The smallest absolute Gasteiger partial charge is 0.242 e. The van der Waals surface area contributed by atoms with E-state index >= 15 is 0 Å². The molecule has 0 aliphatic rings. The Morgan fingerprint density at radius 1 is 1.07 bits per heavy atom. The van der Waals surface area contributed by atoms with Gasteiger partial charge in [0.1, 0.15) is 5.54 Å². The Morgan fingerprint density at radius 3 is 2.28 bits per heavy atom. The number of hydrogen-bond donors (Lipinski definition) is 2. The van der Waals surface area contributed by atoms with E-state index in [0.717, 1.165) is 11.3 Å². The summed E-state index contributed by atoms with van der Waals surface area (Å²) in [6.07, 6.45) is 0.414. The van der Waals surface area contributed by atoms with E-state index < -0.39 is 11.4 Å². The fourth-order valence-electron chi connectivity index (χ4n) is 2.75. The summed E-state index contributed by atoms with van der Waals surface area (Å²) in [6, 6.07) is 19.5. The number of hydrogen-bond acceptors (Lipinski definition) is 5. The van der Waals surface area contributed by atoms with Gasteiger partial charge in [-0.05, 0) is 25.5 Å². The molecule has 0 spiro atoms. The Labute approximate surface area is 173 Å². The van der Waals surface area contributed by atoms with E-state index in [1.807, 2.05) is 65.2 Å². The highest BCUT2D eigenvalue weighted by Crippen LogP contribution is 2.27. The normalized spacial score (nSPS) is 12.9. The average molecular weight is 410 g/mol. The van der Waals surface area contributed by atoms with Gasteiger partial charge < -0.3 is 11.1 Å². The van der Waals surface area contributed by atoms with Gasteiger partial charge in [0.25, 0.3) is 0 Å².